The largest absolute Gasteiger partial charge is 0.479 e. The van der Waals surface area contributed by atoms with E-state index in [2.05, 4.69) is 0 Å². The number of hydrogen-bond acceptors (Lipinski definition) is 3. The normalized spacial score (nSPS) is 30.6. The van der Waals surface area contributed by atoms with Gasteiger partial charge in [-0.15, -0.1) is 0 Å². The van der Waals surface area contributed by atoms with Crippen LogP contribution in [-0.4, -0.2) is 37.0 Å². The number of aliphatic carboxylic acids is 1. The summed E-state index contributed by atoms with van der Waals surface area (Å²) in [5.74, 6) is -0.920. The zero-order valence-electron chi connectivity index (χ0n) is 6.50. The molecule has 0 saturated carbocycles. The summed E-state index contributed by atoms with van der Waals surface area (Å²) in [5.41, 5.74) is -1.06. The van der Waals surface area contributed by atoms with Crippen molar-refractivity contribution in [2.75, 3.05) is 20.3 Å². The molecule has 0 amide bonds. The van der Waals surface area contributed by atoms with Crippen LogP contribution in [0.2, 0.25) is 0 Å². The maximum absolute atomic E-state index is 10.7. The molecule has 11 heavy (non-hydrogen) atoms. The van der Waals surface area contributed by atoms with Gasteiger partial charge in [0.2, 0.25) is 0 Å². The third-order valence-corrected chi connectivity index (χ3v) is 1.87. The van der Waals surface area contributed by atoms with Gasteiger partial charge in [-0.25, -0.2) is 4.79 Å². The van der Waals surface area contributed by atoms with Crippen LogP contribution in [0, 0.1) is 0 Å². The minimum atomic E-state index is -1.06. The number of carboxylic acids is 1. The summed E-state index contributed by atoms with van der Waals surface area (Å²) in [6.07, 6.45) is 1.35. The predicted octanol–water partition coefficient (Wildman–Crippen LogP) is 0.267. The van der Waals surface area contributed by atoms with E-state index in [4.69, 9.17) is 14.6 Å². The second-order valence-corrected chi connectivity index (χ2v) is 2.68. The highest BCUT2D eigenvalue weighted by atomic mass is 16.6. The van der Waals surface area contributed by atoms with E-state index in [0.29, 0.717) is 13.0 Å². The van der Waals surface area contributed by atoms with Crippen LogP contribution in [0.5, 0.6) is 0 Å². The maximum atomic E-state index is 10.7. The molecule has 1 N–H and O–H groups in total. The van der Waals surface area contributed by atoms with Gasteiger partial charge in [0.1, 0.15) is 0 Å². The molecule has 1 saturated heterocycles. The van der Waals surface area contributed by atoms with Crippen molar-refractivity contribution in [3.8, 4) is 0 Å². The van der Waals surface area contributed by atoms with Gasteiger partial charge in [0, 0.05) is 13.7 Å². The van der Waals surface area contributed by atoms with Crippen LogP contribution in [0.15, 0.2) is 0 Å². The molecular formula is C7H12O4. The summed E-state index contributed by atoms with van der Waals surface area (Å²) < 4.78 is 9.90. The first-order valence-corrected chi connectivity index (χ1v) is 3.57. The molecule has 0 aliphatic carbocycles. The topological polar surface area (TPSA) is 55.8 Å². The molecule has 1 aliphatic heterocycles. The molecule has 64 valence electrons. The summed E-state index contributed by atoms with van der Waals surface area (Å²) in [5, 5.41) is 8.79. The zero-order valence-corrected chi connectivity index (χ0v) is 6.50. The fraction of sp³-hybridized carbons (Fsp3) is 0.857. The van der Waals surface area contributed by atoms with Crippen molar-refractivity contribution in [2.24, 2.45) is 0 Å². The Morgan fingerprint density at radius 1 is 1.82 bits per heavy atom. The van der Waals surface area contributed by atoms with Crippen molar-refractivity contribution < 1.29 is 19.4 Å². The fourth-order valence-electron chi connectivity index (χ4n) is 1.27. The van der Waals surface area contributed by atoms with Crippen LogP contribution < -0.4 is 0 Å². The molecule has 4 heteroatoms. The lowest BCUT2D eigenvalue weighted by Gasteiger charge is -2.21. The average molecular weight is 160 g/mol. The molecule has 0 aromatic heterocycles. The minimum Gasteiger partial charge on any atom is -0.479 e. The molecule has 0 spiro atoms. The van der Waals surface area contributed by atoms with Gasteiger partial charge >= 0.3 is 5.97 Å². The summed E-state index contributed by atoms with van der Waals surface area (Å²) in [4.78, 5) is 10.7. The van der Waals surface area contributed by atoms with E-state index in [1.807, 2.05) is 0 Å². The Hall–Kier alpha value is -0.610. The third kappa shape index (κ3) is 1.52. The van der Waals surface area contributed by atoms with Gasteiger partial charge in [0.25, 0.3) is 0 Å². The second-order valence-electron chi connectivity index (χ2n) is 2.68. The van der Waals surface area contributed by atoms with E-state index in [-0.39, 0.29) is 6.61 Å². The highest BCUT2D eigenvalue weighted by Crippen LogP contribution is 2.25. The van der Waals surface area contributed by atoms with Crippen molar-refractivity contribution in [3.63, 3.8) is 0 Å². The van der Waals surface area contributed by atoms with Crippen molar-refractivity contribution >= 4 is 5.97 Å². The van der Waals surface area contributed by atoms with Crippen LogP contribution in [0.4, 0.5) is 0 Å². The van der Waals surface area contributed by atoms with Gasteiger partial charge in [0.15, 0.2) is 5.60 Å². The first kappa shape index (κ1) is 8.49. The first-order chi connectivity index (χ1) is 5.21. The SMILES string of the molecule is COC[C@]1(C(=O)O)CCCO1. The van der Waals surface area contributed by atoms with Crippen molar-refractivity contribution in [1.82, 2.24) is 0 Å². The third-order valence-electron chi connectivity index (χ3n) is 1.87. The Morgan fingerprint density at radius 3 is 2.91 bits per heavy atom. The average Bonchev–Trinajstić information content (AvgIpc) is 2.38. The highest BCUT2D eigenvalue weighted by molar-refractivity contribution is 5.78. The standard InChI is InChI=1S/C7H12O4/c1-10-5-7(6(8)9)3-2-4-11-7/h2-5H2,1H3,(H,8,9)/t7-/m0/s1. The predicted molar refractivity (Wildman–Crippen MR) is 37.4 cm³/mol. The molecule has 0 radical (unpaired) electrons. The molecule has 4 nitrogen and oxygen atoms in total. The summed E-state index contributed by atoms with van der Waals surface area (Å²) >= 11 is 0. The van der Waals surface area contributed by atoms with Crippen LogP contribution in [0.1, 0.15) is 12.8 Å². The van der Waals surface area contributed by atoms with Gasteiger partial charge in [-0.1, -0.05) is 0 Å². The number of hydrogen-bond donors (Lipinski definition) is 1. The van der Waals surface area contributed by atoms with Gasteiger partial charge < -0.3 is 14.6 Å². The van der Waals surface area contributed by atoms with E-state index in [9.17, 15) is 4.79 Å². The molecule has 0 unspecified atom stereocenters. The van der Waals surface area contributed by atoms with Crippen molar-refractivity contribution in [2.45, 2.75) is 18.4 Å². The number of carbonyl (C=O) groups is 1. The smallest absolute Gasteiger partial charge is 0.338 e. The number of carboxylic acid groups (broad SMARTS) is 1. The molecular weight excluding hydrogens is 148 g/mol. The van der Waals surface area contributed by atoms with Crippen LogP contribution in [0.3, 0.4) is 0 Å². The Balaban J connectivity index is 2.62. The Labute approximate surface area is 65.1 Å². The quantitative estimate of drug-likeness (QED) is 0.643. The van der Waals surface area contributed by atoms with Crippen molar-refractivity contribution in [1.29, 1.82) is 0 Å². The molecule has 1 heterocycles. The van der Waals surface area contributed by atoms with Gasteiger partial charge in [-0.3, -0.25) is 0 Å². The lowest BCUT2D eigenvalue weighted by Crippen LogP contribution is -2.42. The van der Waals surface area contributed by atoms with Crippen LogP contribution >= 0.6 is 0 Å². The molecule has 0 aromatic carbocycles. The van der Waals surface area contributed by atoms with E-state index in [0.717, 1.165) is 6.42 Å². The fourth-order valence-corrected chi connectivity index (χ4v) is 1.27. The monoisotopic (exact) mass is 160 g/mol. The molecule has 1 atom stereocenters. The van der Waals surface area contributed by atoms with Gasteiger partial charge in [-0.05, 0) is 12.8 Å². The first-order valence-electron chi connectivity index (χ1n) is 3.57. The van der Waals surface area contributed by atoms with Crippen LogP contribution in [0.25, 0.3) is 0 Å². The number of ether oxygens (including phenoxy) is 2. The van der Waals surface area contributed by atoms with Gasteiger partial charge in [-0.2, -0.15) is 0 Å². The number of rotatable bonds is 3. The summed E-state index contributed by atoms with van der Waals surface area (Å²) in [6, 6.07) is 0. The van der Waals surface area contributed by atoms with E-state index in [1.54, 1.807) is 0 Å². The lowest BCUT2D eigenvalue weighted by atomic mass is 10.0. The Morgan fingerprint density at radius 2 is 2.55 bits per heavy atom. The van der Waals surface area contributed by atoms with E-state index >= 15 is 0 Å². The Kier molecular flexibility index (Phi) is 2.46. The molecule has 0 bridgehead atoms. The minimum absolute atomic E-state index is 0.141. The van der Waals surface area contributed by atoms with E-state index < -0.39 is 11.6 Å². The second kappa shape index (κ2) is 3.19. The molecule has 0 aromatic rings. The summed E-state index contributed by atoms with van der Waals surface area (Å²) in [6.45, 7) is 0.665. The maximum Gasteiger partial charge on any atom is 0.338 e. The van der Waals surface area contributed by atoms with Gasteiger partial charge in [0.05, 0.1) is 6.61 Å². The van der Waals surface area contributed by atoms with Crippen molar-refractivity contribution in [3.05, 3.63) is 0 Å². The number of methoxy groups -OCH3 is 1. The van der Waals surface area contributed by atoms with Crippen LogP contribution in [-0.2, 0) is 14.3 Å². The lowest BCUT2D eigenvalue weighted by molar-refractivity contribution is -0.165. The van der Waals surface area contributed by atoms with E-state index in [1.165, 1.54) is 7.11 Å². The molecule has 1 rings (SSSR count). The molecule has 1 fully saturated rings. The zero-order chi connectivity index (χ0) is 8.32. The highest BCUT2D eigenvalue weighted by Gasteiger charge is 2.42. The molecule has 1 aliphatic rings. The Bertz CT molecular complexity index is 149. The summed E-state index contributed by atoms with van der Waals surface area (Å²) in [7, 11) is 1.48.